The molecule has 0 heterocycles. The quantitative estimate of drug-likeness (QED) is 0.0535. The van der Waals surface area contributed by atoms with Gasteiger partial charge in [-0.05, 0) is 42.2 Å². The summed E-state index contributed by atoms with van der Waals surface area (Å²) in [4.78, 5) is 70.3. The molecule has 2 rings (SSSR count). The number of benzene rings is 2. The highest BCUT2D eigenvalue weighted by molar-refractivity contribution is 5.96. The van der Waals surface area contributed by atoms with Crippen molar-refractivity contribution in [3.8, 4) is 0 Å². The van der Waals surface area contributed by atoms with E-state index in [4.69, 9.17) is 22.9 Å². The lowest BCUT2D eigenvalue weighted by Crippen LogP contribution is -2.59. The van der Waals surface area contributed by atoms with Gasteiger partial charge in [-0.15, -0.1) is 0 Å². The Bertz CT molecular complexity index is 1400. The van der Waals surface area contributed by atoms with Crippen molar-refractivity contribution in [2.45, 2.75) is 90.0 Å². The summed E-state index contributed by atoms with van der Waals surface area (Å²) in [6.45, 7) is 7.57. The van der Waals surface area contributed by atoms with Gasteiger partial charge >= 0.3 is 0 Å². The van der Waals surface area contributed by atoms with Crippen LogP contribution < -0.4 is 44.2 Å². The maximum absolute atomic E-state index is 13.8. The fraction of sp³-hybridized carbons (Fsp3) is 0.486. The molecule has 0 aliphatic carbocycles. The lowest BCUT2D eigenvalue weighted by atomic mass is 9.99. The van der Waals surface area contributed by atoms with Crippen LogP contribution in [0.15, 0.2) is 65.7 Å². The van der Waals surface area contributed by atoms with Crippen LogP contribution in [-0.2, 0) is 36.8 Å². The number of primary amides is 1. The number of aliphatic imine (C=N–C) groups is 1. The molecule has 0 spiro atoms. The van der Waals surface area contributed by atoms with E-state index in [0.717, 1.165) is 11.1 Å². The molecule has 0 bridgehead atoms. The third-order valence-electron chi connectivity index (χ3n) is 7.80. The van der Waals surface area contributed by atoms with Crippen LogP contribution in [0.1, 0.15) is 58.1 Å². The van der Waals surface area contributed by atoms with E-state index in [1.54, 1.807) is 38.1 Å². The van der Waals surface area contributed by atoms with Crippen molar-refractivity contribution in [2.24, 2.45) is 39.8 Å². The molecule has 268 valence electrons. The molecule has 0 unspecified atom stereocenters. The molecule has 5 atom stereocenters. The van der Waals surface area contributed by atoms with Crippen molar-refractivity contribution < 1.29 is 24.0 Å². The summed E-state index contributed by atoms with van der Waals surface area (Å²) in [5.41, 5.74) is 24.2. The molecule has 0 aliphatic heterocycles. The Hall–Kier alpha value is -4.98. The van der Waals surface area contributed by atoms with E-state index < -0.39 is 59.7 Å². The van der Waals surface area contributed by atoms with Crippen molar-refractivity contribution in [1.82, 2.24) is 21.3 Å². The Kier molecular flexibility index (Phi) is 16.7. The molecular formula is C35H53N9O5. The summed E-state index contributed by atoms with van der Waals surface area (Å²) >= 11 is 0. The van der Waals surface area contributed by atoms with Gasteiger partial charge < -0.3 is 44.2 Å². The fourth-order valence-electron chi connectivity index (χ4n) is 4.99. The SMILES string of the molecule is CC(C)C[C@H](NC(=O)[C@H](Cc1ccccc1)NC(=O)[C@@H](N)C(C)C)C(=O)N[C@@H](CCCN=C(N)N)C(=O)N[C@@H](Cc1ccccc1)C(N)=O. The first-order chi connectivity index (χ1) is 23.2. The summed E-state index contributed by atoms with van der Waals surface area (Å²) in [5, 5.41) is 11.0. The summed E-state index contributed by atoms with van der Waals surface area (Å²) in [6.07, 6.45) is 0.976. The number of amides is 5. The molecule has 0 saturated heterocycles. The second-order valence-corrected chi connectivity index (χ2v) is 12.9. The van der Waals surface area contributed by atoms with Gasteiger partial charge in [0.25, 0.3) is 0 Å². The first-order valence-electron chi connectivity index (χ1n) is 16.6. The molecule has 0 fully saturated rings. The van der Waals surface area contributed by atoms with E-state index in [0.29, 0.717) is 6.42 Å². The van der Waals surface area contributed by atoms with E-state index in [2.05, 4.69) is 26.3 Å². The predicted molar refractivity (Wildman–Crippen MR) is 189 cm³/mol. The summed E-state index contributed by atoms with van der Waals surface area (Å²) in [6, 6.07) is 13.1. The van der Waals surface area contributed by atoms with E-state index in [1.165, 1.54) is 0 Å². The van der Waals surface area contributed by atoms with Crippen molar-refractivity contribution in [1.29, 1.82) is 0 Å². The van der Waals surface area contributed by atoms with Gasteiger partial charge in [0.2, 0.25) is 29.5 Å². The van der Waals surface area contributed by atoms with Crippen LogP contribution in [0.25, 0.3) is 0 Å². The Morgan fingerprint density at radius 3 is 1.57 bits per heavy atom. The molecule has 2 aromatic rings. The second kappa shape index (κ2) is 20.4. The Labute approximate surface area is 288 Å². The van der Waals surface area contributed by atoms with Crippen LogP contribution in [-0.4, -0.2) is 72.2 Å². The summed E-state index contributed by atoms with van der Waals surface area (Å²) in [5.74, 6) is -3.39. The average molecular weight is 680 g/mol. The van der Waals surface area contributed by atoms with E-state index >= 15 is 0 Å². The van der Waals surface area contributed by atoms with Crippen molar-refractivity contribution in [2.75, 3.05) is 6.54 Å². The minimum absolute atomic E-state index is 0.0353. The van der Waals surface area contributed by atoms with Gasteiger partial charge in [0.05, 0.1) is 6.04 Å². The molecule has 0 saturated carbocycles. The highest BCUT2D eigenvalue weighted by atomic mass is 16.2. The van der Waals surface area contributed by atoms with Crippen LogP contribution in [0.4, 0.5) is 0 Å². The highest BCUT2D eigenvalue weighted by Gasteiger charge is 2.32. The molecule has 5 amide bonds. The van der Waals surface area contributed by atoms with E-state index in [1.807, 2.05) is 50.2 Å². The van der Waals surface area contributed by atoms with Gasteiger partial charge in [0.1, 0.15) is 24.2 Å². The zero-order valence-corrected chi connectivity index (χ0v) is 28.9. The molecule has 14 heteroatoms. The third-order valence-corrected chi connectivity index (χ3v) is 7.80. The Morgan fingerprint density at radius 2 is 1.08 bits per heavy atom. The minimum atomic E-state index is -1.12. The number of hydrogen-bond acceptors (Lipinski definition) is 7. The number of nitrogens with two attached hydrogens (primary N) is 4. The highest BCUT2D eigenvalue weighted by Crippen LogP contribution is 2.11. The van der Waals surface area contributed by atoms with Gasteiger partial charge in [-0.25, -0.2) is 0 Å². The molecule has 0 aliphatic rings. The monoisotopic (exact) mass is 679 g/mol. The zero-order chi connectivity index (χ0) is 36.5. The number of nitrogens with one attached hydrogen (secondary N) is 4. The normalized spacial score (nSPS) is 14.1. The number of nitrogens with zero attached hydrogens (tertiary/aromatic N) is 1. The maximum Gasteiger partial charge on any atom is 0.243 e. The van der Waals surface area contributed by atoms with Crippen LogP contribution in [0.3, 0.4) is 0 Å². The number of hydrogen-bond donors (Lipinski definition) is 8. The van der Waals surface area contributed by atoms with Gasteiger partial charge in [0.15, 0.2) is 5.96 Å². The smallest absolute Gasteiger partial charge is 0.243 e. The maximum atomic E-state index is 13.8. The molecular weight excluding hydrogens is 626 g/mol. The predicted octanol–water partition coefficient (Wildman–Crippen LogP) is -0.0207. The average Bonchev–Trinajstić information content (AvgIpc) is 3.05. The van der Waals surface area contributed by atoms with Crippen LogP contribution >= 0.6 is 0 Å². The third kappa shape index (κ3) is 14.8. The first kappa shape index (κ1) is 40.2. The molecule has 0 radical (unpaired) electrons. The molecule has 49 heavy (non-hydrogen) atoms. The van der Waals surface area contributed by atoms with E-state index in [9.17, 15) is 24.0 Å². The summed E-state index contributed by atoms with van der Waals surface area (Å²) < 4.78 is 0. The zero-order valence-electron chi connectivity index (χ0n) is 28.9. The molecule has 2 aromatic carbocycles. The number of guanidine groups is 1. The van der Waals surface area contributed by atoms with Crippen molar-refractivity contribution in [3.63, 3.8) is 0 Å². The van der Waals surface area contributed by atoms with Crippen LogP contribution in [0.5, 0.6) is 0 Å². The van der Waals surface area contributed by atoms with Crippen molar-refractivity contribution >= 4 is 35.5 Å². The number of carbonyl (C=O) groups is 5. The van der Waals surface area contributed by atoms with Gasteiger partial charge in [0, 0.05) is 19.4 Å². The lowest BCUT2D eigenvalue weighted by molar-refractivity contribution is -0.135. The molecule has 12 N–H and O–H groups in total. The van der Waals surface area contributed by atoms with Crippen molar-refractivity contribution in [3.05, 3.63) is 71.8 Å². The van der Waals surface area contributed by atoms with E-state index in [-0.39, 0.29) is 50.0 Å². The van der Waals surface area contributed by atoms with Gasteiger partial charge in [-0.1, -0.05) is 88.4 Å². The largest absolute Gasteiger partial charge is 0.370 e. The fourth-order valence-corrected chi connectivity index (χ4v) is 4.99. The first-order valence-corrected chi connectivity index (χ1v) is 16.6. The number of rotatable bonds is 20. The second-order valence-electron chi connectivity index (χ2n) is 12.9. The van der Waals surface area contributed by atoms with Crippen LogP contribution in [0.2, 0.25) is 0 Å². The Morgan fingerprint density at radius 1 is 0.633 bits per heavy atom. The van der Waals surface area contributed by atoms with Gasteiger partial charge in [-0.2, -0.15) is 0 Å². The topological polar surface area (TPSA) is 250 Å². The molecule has 0 aromatic heterocycles. The summed E-state index contributed by atoms with van der Waals surface area (Å²) in [7, 11) is 0. The number of carbonyl (C=O) groups excluding carboxylic acids is 5. The minimum Gasteiger partial charge on any atom is -0.370 e. The van der Waals surface area contributed by atoms with Gasteiger partial charge in [-0.3, -0.25) is 29.0 Å². The van der Waals surface area contributed by atoms with Crippen LogP contribution in [0, 0.1) is 11.8 Å². The Balaban J connectivity index is 2.30. The lowest BCUT2D eigenvalue weighted by Gasteiger charge is -2.27. The standard InChI is InChI=1S/C35H53N9O5/c1-21(2)18-27(43-33(48)28(20-24-14-9-6-10-15-24)44-34(49)29(36)22(3)4)32(47)41-25(16-11-17-40-35(38)39)31(46)42-26(30(37)45)19-23-12-7-5-8-13-23/h5-10,12-15,21-22,25-29H,11,16-20,36H2,1-4H3,(H2,37,45)(H,41,47)(H,42,46)(H,43,48)(H,44,49)(H4,38,39,40)/t25-,26-,27-,28-,29-/m0/s1. The molecule has 14 nitrogen and oxygen atoms in total.